The molecule has 1 aliphatic heterocycles. The van der Waals surface area contributed by atoms with Gasteiger partial charge in [-0.2, -0.15) is 0 Å². The molecule has 0 amide bonds. The van der Waals surface area contributed by atoms with E-state index in [0.717, 1.165) is 31.5 Å². The van der Waals surface area contributed by atoms with Crippen LogP contribution in [0.15, 0.2) is 15.7 Å². The molecule has 2 heterocycles. The summed E-state index contributed by atoms with van der Waals surface area (Å²) < 4.78 is 27.6. The summed E-state index contributed by atoms with van der Waals surface area (Å²) in [6.45, 7) is 5.07. The third-order valence-corrected chi connectivity index (χ3v) is 6.90. The Balaban J connectivity index is 1.98. The molecule has 1 aliphatic rings. The number of rotatable bonds is 5. The van der Waals surface area contributed by atoms with Crippen molar-refractivity contribution in [2.75, 3.05) is 26.7 Å². The van der Waals surface area contributed by atoms with E-state index >= 15 is 0 Å². The highest BCUT2D eigenvalue weighted by Gasteiger charge is 2.30. The van der Waals surface area contributed by atoms with Crippen LogP contribution in [0.25, 0.3) is 0 Å². The first kappa shape index (κ1) is 15.9. The lowest BCUT2D eigenvalue weighted by Gasteiger charge is -2.37. The molecule has 114 valence electrons. The molecule has 2 rings (SSSR count). The molecule has 0 saturated carbocycles. The van der Waals surface area contributed by atoms with Crippen LogP contribution in [-0.2, 0) is 16.6 Å². The first-order valence-corrected chi connectivity index (χ1v) is 9.17. The van der Waals surface area contributed by atoms with Crippen molar-refractivity contribution in [2.45, 2.75) is 30.5 Å². The van der Waals surface area contributed by atoms with Crippen LogP contribution >= 0.6 is 11.3 Å². The van der Waals surface area contributed by atoms with E-state index in [-0.39, 0.29) is 5.41 Å². The molecule has 1 fully saturated rings. The van der Waals surface area contributed by atoms with Gasteiger partial charge in [0.25, 0.3) is 0 Å². The van der Waals surface area contributed by atoms with E-state index in [1.165, 1.54) is 11.3 Å². The zero-order valence-corrected chi connectivity index (χ0v) is 13.7. The van der Waals surface area contributed by atoms with Gasteiger partial charge in [0.05, 0.1) is 0 Å². The quantitative estimate of drug-likeness (QED) is 0.856. The lowest BCUT2D eigenvalue weighted by Crippen LogP contribution is -2.43. The van der Waals surface area contributed by atoms with E-state index in [4.69, 9.17) is 5.73 Å². The van der Waals surface area contributed by atoms with Crippen molar-refractivity contribution >= 4 is 21.4 Å². The van der Waals surface area contributed by atoms with Crippen molar-refractivity contribution in [1.82, 2.24) is 9.62 Å². The fourth-order valence-electron chi connectivity index (χ4n) is 2.28. The van der Waals surface area contributed by atoms with Crippen molar-refractivity contribution in [3.8, 4) is 0 Å². The van der Waals surface area contributed by atoms with Crippen molar-refractivity contribution in [2.24, 2.45) is 11.1 Å². The zero-order chi connectivity index (χ0) is 14.8. The summed E-state index contributed by atoms with van der Waals surface area (Å²) in [7, 11) is -1.30. The maximum atomic E-state index is 12.3. The minimum Gasteiger partial charge on any atom is -0.326 e. The predicted octanol–water partition coefficient (Wildman–Crippen LogP) is 1.22. The van der Waals surface area contributed by atoms with Crippen molar-refractivity contribution in [1.29, 1.82) is 0 Å². The van der Waals surface area contributed by atoms with E-state index in [0.29, 0.717) is 17.3 Å². The Hall–Kier alpha value is -0.470. The SMILES string of the molecule is CN1CCC(C)(CNS(=O)(=O)c2cc(CN)cs2)CC1. The van der Waals surface area contributed by atoms with Gasteiger partial charge in [-0.1, -0.05) is 6.92 Å². The Morgan fingerprint density at radius 2 is 2.10 bits per heavy atom. The highest BCUT2D eigenvalue weighted by Crippen LogP contribution is 2.30. The molecule has 1 aromatic rings. The summed E-state index contributed by atoms with van der Waals surface area (Å²) >= 11 is 1.23. The van der Waals surface area contributed by atoms with Crippen molar-refractivity contribution in [3.05, 3.63) is 17.0 Å². The normalized spacial score (nSPS) is 20.1. The Bertz CT molecular complexity index is 546. The summed E-state index contributed by atoms with van der Waals surface area (Å²) in [6.07, 6.45) is 2.04. The first-order valence-electron chi connectivity index (χ1n) is 6.80. The maximum Gasteiger partial charge on any atom is 0.250 e. The minimum atomic E-state index is -3.40. The second kappa shape index (κ2) is 6.11. The standard InChI is InChI=1S/C13H23N3O2S2/c1-13(3-5-16(2)6-4-13)10-15-20(17,18)12-7-11(8-14)9-19-12/h7,9,15H,3-6,8,10,14H2,1-2H3. The number of hydrogen-bond acceptors (Lipinski definition) is 5. The highest BCUT2D eigenvalue weighted by molar-refractivity contribution is 7.91. The van der Waals surface area contributed by atoms with Crippen LogP contribution in [0.5, 0.6) is 0 Å². The Kier molecular flexibility index (Phi) is 4.86. The lowest BCUT2D eigenvalue weighted by atomic mass is 9.81. The van der Waals surface area contributed by atoms with Crippen LogP contribution in [0, 0.1) is 5.41 Å². The third kappa shape index (κ3) is 3.79. The monoisotopic (exact) mass is 317 g/mol. The van der Waals surface area contributed by atoms with E-state index < -0.39 is 10.0 Å². The minimum absolute atomic E-state index is 0.0491. The summed E-state index contributed by atoms with van der Waals surface area (Å²) in [4.78, 5) is 2.28. The average Bonchev–Trinajstić information content (AvgIpc) is 2.90. The second-order valence-corrected chi connectivity index (χ2v) is 8.82. The first-order chi connectivity index (χ1) is 9.35. The van der Waals surface area contributed by atoms with Gasteiger partial charge in [-0.3, -0.25) is 0 Å². The molecule has 7 heteroatoms. The Morgan fingerprint density at radius 3 is 2.65 bits per heavy atom. The molecule has 0 aromatic carbocycles. The van der Waals surface area contributed by atoms with Crippen LogP contribution in [0.2, 0.25) is 0 Å². The molecule has 20 heavy (non-hydrogen) atoms. The van der Waals surface area contributed by atoms with Gasteiger partial charge in [0.15, 0.2) is 0 Å². The van der Waals surface area contributed by atoms with Crippen LogP contribution in [0.4, 0.5) is 0 Å². The van der Waals surface area contributed by atoms with Gasteiger partial charge in [0, 0.05) is 13.1 Å². The van der Waals surface area contributed by atoms with Gasteiger partial charge in [-0.15, -0.1) is 11.3 Å². The largest absolute Gasteiger partial charge is 0.326 e. The molecular weight excluding hydrogens is 294 g/mol. The Labute approximate surface area is 125 Å². The molecule has 0 unspecified atom stereocenters. The van der Waals surface area contributed by atoms with Gasteiger partial charge in [-0.05, 0) is 55.4 Å². The van der Waals surface area contributed by atoms with Crippen LogP contribution in [-0.4, -0.2) is 40.0 Å². The maximum absolute atomic E-state index is 12.3. The second-order valence-electron chi connectivity index (χ2n) is 5.92. The number of nitrogens with zero attached hydrogens (tertiary/aromatic N) is 1. The lowest BCUT2D eigenvalue weighted by molar-refractivity contribution is 0.143. The number of thiophene rings is 1. The number of likely N-dealkylation sites (tertiary alicyclic amines) is 1. The smallest absolute Gasteiger partial charge is 0.250 e. The average molecular weight is 317 g/mol. The summed E-state index contributed by atoms with van der Waals surface area (Å²) in [5.41, 5.74) is 6.43. The molecule has 5 nitrogen and oxygen atoms in total. The molecule has 1 saturated heterocycles. The number of hydrogen-bond donors (Lipinski definition) is 2. The highest BCUT2D eigenvalue weighted by atomic mass is 32.2. The Morgan fingerprint density at radius 1 is 1.45 bits per heavy atom. The van der Waals surface area contributed by atoms with Gasteiger partial charge in [-0.25, -0.2) is 13.1 Å². The number of nitrogens with one attached hydrogen (secondary N) is 1. The molecule has 0 radical (unpaired) electrons. The molecule has 0 atom stereocenters. The van der Waals surface area contributed by atoms with E-state index in [9.17, 15) is 8.42 Å². The van der Waals surface area contributed by atoms with Gasteiger partial charge >= 0.3 is 0 Å². The molecular formula is C13H23N3O2S2. The number of nitrogens with two attached hydrogens (primary N) is 1. The van der Waals surface area contributed by atoms with Crippen molar-refractivity contribution < 1.29 is 8.42 Å². The molecule has 0 bridgehead atoms. The summed E-state index contributed by atoms with van der Waals surface area (Å²) in [5.74, 6) is 0. The summed E-state index contributed by atoms with van der Waals surface area (Å²) in [6, 6.07) is 1.66. The van der Waals surface area contributed by atoms with Crippen LogP contribution in [0.3, 0.4) is 0 Å². The molecule has 0 spiro atoms. The molecule has 1 aromatic heterocycles. The fourth-order valence-corrected chi connectivity index (χ4v) is 4.74. The van der Waals surface area contributed by atoms with Crippen LogP contribution in [0.1, 0.15) is 25.3 Å². The number of sulfonamides is 1. The topological polar surface area (TPSA) is 75.4 Å². The third-order valence-electron chi connectivity index (χ3n) is 4.01. The molecule has 3 N–H and O–H groups in total. The van der Waals surface area contributed by atoms with Gasteiger partial charge < -0.3 is 10.6 Å². The fraction of sp³-hybridized carbons (Fsp3) is 0.692. The van der Waals surface area contributed by atoms with Gasteiger partial charge in [0.2, 0.25) is 10.0 Å². The summed E-state index contributed by atoms with van der Waals surface area (Å²) in [5, 5.41) is 1.80. The van der Waals surface area contributed by atoms with Gasteiger partial charge in [0.1, 0.15) is 4.21 Å². The number of piperidine rings is 1. The van der Waals surface area contributed by atoms with E-state index in [1.807, 2.05) is 0 Å². The van der Waals surface area contributed by atoms with E-state index in [2.05, 4.69) is 23.6 Å². The predicted molar refractivity (Wildman–Crippen MR) is 82.2 cm³/mol. The van der Waals surface area contributed by atoms with Crippen molar-refractivity contribution in [3.63, 3.8) is 0 Å². The van der Waals surface area contributed by atoms with Crippen LogP contribution < -0.4 is 10.5 Å². The van der Waals surface area contributed by atoms with E-state index in [1.54, 1.807) is 11.4 Å². The molecule has 0 aliphatic carbocycles. The zero-order valence-electron chi connectivity index (χ0n) is 12.1.